The average Bonchev–Trinajstić information content (AvgIpc) is 2.30. The van der Waals surface area contributed by atoms with E-state index in [1.807, 2.05) is 6.92 Å². The molecule has 5 nitrogen and oxygen atoms in total. The average molecular weight is 249 g/mol. The van der Waals surface area contributed by atoms with Crippen LogP contribution in [0.1, 0.15) is 26.7 Å². The van der Waals surface area contributed by atoms with Crippen molar-refractivity contribution in [2.75, 3.05) is 11.9 Å². The van der Waals surface area contributed by atoms with Crippen LogP contribution in [0.15, 0.2) is 18.3 Å². The lowest BCUT2D eigenvalue weighted by molar-refractivity contribution is 0.219. The molecule has 5 heteroatoms. The Morgan fingerprint density at radius 3 is 3.00 bits per heavy atom. The molecule has 1 aromatic rings. The number of hydrogen-bond donors (Lipinski definition) is 2. The van der Waals surface area contributed by atoms with E-state index in [1.54, 1.807) is 18.3 Å². The molecule has 0 radical (unpaired) electrons. The van der Waals surface area contributed by atoms with E-state index >= 15 is 0 Å². The molecule has 1 aromatic heterocycles. The number of ether oxygens (including phenoxy) is 1. The molecule has 1 fully saturated rings. The zero-order chi connectivity index (χ0) is 13.0. The summed E-state index contributed by atoms with van der Waals surface area (Å²) in [7, 11) is 0. The molecule has 18 heavy (non-hydrogen) atoms. The monoisotopic (exact) mass is 249 g/mol. The summed E-state index contributed by atoms with van der Waals surface area (Å²) in [6, 6.07) is 3.65. The molecule has 1 aliphatic carbocycles. The number of amides is 2. The Bertz CT molecular complexity index is 416. The molecule has 2 N–H and O–H groups in total. The van der Waals surface area contributed by atoms with Gasteiger partial charge in [0.25, 0.3) is 0 Å². The highest BCUT2D eigenvalue weighted by molar-refractivity contribution is 5.90. The van der Waals surface area contributed by atoms with Gasteiger partial charge in [-0.05, 0) is 37.8 Å². The lowest BCUT2D eigenvalue weighted by Gasteiger charge is -2.33. The minimum atomic E-state index is -0.194. The fraction of sp³-hybridized carbons (Fsp3) is 0.538. The molecule has 0 aromatic carbocycles. The van der Waals surface area contributed by atoms with E-state index in [-0.39, 0.29) is 6.03 Å². The van der Waals surface area contributed by atoms with Gasteiger partial charge >= 0.3 is 6.03 Å². The molecule has 0 spiro atoms. The highest BCUT2D eigenvalue weighted by Gasteiger charge is 2.26. The first-order valence-corrected chi connectivity index (χ1v) is 6.34. The maximum absolute atomic E-state index is 11.8. The number of rotatable bonds is 4. The second-order valence-electron chi connectivity index (χ2n) is 4.66. The molecule has 1 saturated carbocycles. The molecule has 98 valence electrons. The van der Waals surface area contributed by atoms with Crippen molar-refractivity contribution >= 4 is 11.7 Å². The van der Waals surface area contributed by atoms with Crippen LogP contribution in [0.2, 0.25) is 0 Å². The lowest BCUT2D eigenvalue weighted by Crippen LogP contribution is -2.45. The van der Waals surface area contributed by atoms with Crippen molar-refractivity contribution in [1.82, 2.24) is 10.3 Å². The standard InChI is InChI=1S/C13H19N3O2/c1-3-18-12-11(5-4-6-14-12)16-13(17)15-10-7-9(2)8-10/h4-6,9-10H,3,7-8H2,1-2H3,(H2,15,16,17). The van der Waals surface area contributed by atoms with Gasteiger partial charge < -0.3 is 15.4 Å². The van der Waals surface area contributed by atoms with E-state index in [2.05, 4.69) is 22.5 Å². The Balaban J connectivity index is 1.90. The molecule has 0 bridgehead atoms. The van der Waals surface area contributed by atoms with E-state index in [9.17, 15) is 4.79 Å². The first kappa shape index (κ1) is 12.7. The van der Waals surface area contributed by atoms with Gasteiger partial charge in [0.15, 0.2) is 0 Å². The van der Waals surface area contributed by atoms with Crippen molar-refractivity contribution in [3.8, 4) is 5.88 Å². The van der Waals surface area contributed by atoms with Gasteiger partial charge in [-0.1, -0.05) is 6.92 Å². The number of aromatic nitrogens is 1. The summed E-state index contributed by atoms with van der Waals surface area (Å²) in [4.78, 5) is 15.9. The van der Waals surface area contributed by atoms with E-state index in [4.69, 9.17) is 4.74 Å². The normalized spacial score (nSPS) is 21.9. The Morgan fingerprint density at radius 1 is 1.56 bits per heavy atom. The minimum Gasteiger partial charge on any atom is -0.476 e. The Kier molecular flexibility index (Phi) is 4.02. The summed E-state index contributed by atoms with van der Waals surface area (Å²) in [6.45, 7) is 4.59. The van der Waals surface area contributed by atoms with E-state index in [0.717, 1.165) is 12.8 Å². The van der Waals surface area contributed by atoms with Gasteiger partial charge in [-0.3, -0.25) is 0 Å². The molecule has 0 aliphatic heterocycles. The van der Waals surface area contributed by atoms with Crippen LogP contribution in [-0.4, -0.2) is 23.7 Å². The van der Waals surface area contributed by atoms with Gasteiger partial charge in [0.05, 0.1) is 6.61 Å². The van der Waals surface area contributed by atoms with E-state index < -0.39 is 0 Å². The highest BCUT2D eigenvalue weighted by Crippen LogP contribution is 2.26. The topological polar surface area (TPSA) is 63.2 Å². The summed E-state index contributed by atoms with van der Waals surface area (Å²) in [5.41, 5.74) is 0.601. The zero-order valence-corrected chi connectivity index (χ0v) is 10.8. The number of urea groups is 1. The smallest absolute Gasteiger partial charge is 0.319 e. The van der Waals surface area contributed by atoms with Gasteiger partial charge in [0, 0.05) is 12.2 Å². The van der Waals surface area contributed by atoms with E-state index in [1.165, 1.54) is 0 Å². The van der Waals surface area contributed by atoms with Gasteiger partial charge in [0.1, 0.15) is 5.69 Å². The second kappa shape index (κ2) is 5.71. The van der Waals surface area contributed by atoms with Crippen LogP contribution in [0.4, 0.5) is 10.5 Å². The largest absolute Gasteiger partial charge is 0.476 e. The number of anilines is 1. The first-order chi connectivity index (χ1) is 8.69. The van der Waals surface area contributed by atoms with E-state index in [0.29, 0.717) is 30.1 Å². The van der Waals surface area contributed by atoms with Gasteiger partial charge in [-0.25, -0.2) is 9.78 Å². The molecule has 2 rings (SSSR count). The highest BCUT2D eigenvalue weighted by atomic mass is 16.5. The molecule has 1 aliphatic rings. The van der Waals surface area contributed by atoms with Crippen molar-refractivity contribution in [3.05, 3.63) is 18.3 Å². The van der Waals surface area contributed by atoms with Crippen LogP contribution in [0.5, 0.6) is 5.88 Å². The minimum absolute atomic E-state index is 0.194. The van der Waals surface area contributed by atoms with Crippen LogP contribution in [-0.2, 0) is 0 Å². The lowest BCUT2D eigenvalue weighted by atomic mass is 9.82. The number of pyridine rings is 1. The SMILES string of the molecule is CCOc1ncccc1NC(=O)NC1CC(C)C1. The summed E-state index contributed by atoms with van der Waals surface area (Å²) in [5.74, 6) is 1.17. The molecule has 1 heterocycles. The van der Waals surface area contributed by atoms with Crippen molar-refractivity contribution in [2.24, 2.45) is 5.92 Å². The molecular weight excluding hydrogens is 230 g/mol. The third-order valence-corrected chi connectivity index (χ3v) is 3.01. The van der Waals surface area contributed by atoms with Crippen LogP contribution in [0.3, 0.4) is 0 Å². The summed E-state index contributed by atoms with van der Waals surface area (Å²) in [6.07, 6.45) is 3.75. The van der Waals surface area contributed by atoms with Crippen LogP contribution in [0, 0.1) is 5.92 Å². The number of hydrogen-bond acceptors (Lipinski definition) is 3. The molecule has 0 atom stereocenters. The van der Waals surface area contributed by atoms with Crippen LogP contribution < -0.4 is 15.4 Å². The summed E-state index contributed by atoms with van der Waals surface area (Å²) < 4.78 is 5.35. The maximum atomic E-state index is 11.8. The summed E-state index contributed by atoms with van der Waals surface area (Å²) in [5, 5.41) is 5.70. The number of nitrogens with one attached hydrogen (secondary N) is 2. The molecular formula is C13H19N3O2. The molecule has 2 amide bonds. The number of carbonyl (C=O) groups excluding carboxylic acids is 1. The summed E-state index contributed by atoms with van der Waals surface area (Å²) >= 11 is 0. The molecule has 0 saturated heterocycles. The fourth-order valence-electron chi connectivity index (χ4n) is 2.10. The van der Waals surface area contributed by atoms with Gasteiger partial charge in [-0.15, -0.1) is 0 Å². The van der Waals surface area contributed by atoms with Gasteiger partial charge in [-0.2, -0.15) is 0 Å². The third-order valence-electron chi connectivity index (χ3n) is 3.01. The van der Waals surface area contributed by atoms with Crippen LogP contribution >= 0.6 is 0 Å². The maximum Gasteiger partial charge on any atom is 0.319 e. The Morgan fingerprint density at radius 2 is 2.33 bits per heavy atom. The number of carbonyl (C=O) groups is 1. The second-order valence-corrected chi connectivity index (χ2v) is 4.66. The van der Waals surface area contributed by atoms with Gasteiger partial charge in [0.2, 0.25) is 5.88 Å². The zero-order valence-electron chi connectivity index (χ0n) is 10.8. The number of nitrogens with zero attached hydrogens (tertiary/aromatic N) is 1. The molecule has 0 unspecified atom stereocenters. The first-order valence-electron chi connectivity index (χ1n) is 6.34. The van der Waals surface area contributed by atoms with Crippen molar-refractivity contribution in [1.29, 1.82) is 0 Å². The predicted molar refractivity (Wildman–Crippen MR) is 69.7 cm³/mol. The van der Waals surface area contributed by atoms with Crippen LogP contribution in [0.25, 0.3) is 0 Å². The van der Waals surface area contributed by atoms with Crippen molar-refractivity contribution < 1.29 is 9.53 Å². The Labute approximate surface area is 107 Å². The fourth-order valence-corrected chi connectivity index (χ4v) is 2.10. The predicted octanol–water partition coefficient (Wildman–Crippen LogP) is 2.40. The third kappa shape index (κ3) is 3.12. The quantitative estimate of drug-likeness (QED) is 0.861. The van der Waals surface area contributed by atoms with Crippen molar-refractivity contribution in [3.63, 3.8) is 0 Å². The Hall–Kier alpha value is -1.78. The van der Waals surface area contributed by atoms with Crippen molar-refractivity contribution in [2.45, 2.75) is 32.7 Å².